The molecular formula is C22H34O3. The number of hydrogen-bond donors (Lipinski definition) is 0. The van der Waals surface area contributed by atoms with E-state index in [0.29, 0.717) is 5.56 Å². The fraction of sp³-hybridized carbons (Fsp3) is 0.682. The van der Waals surface area contributed by atoms with Crippen molar-refractivity contribution in [1.29, 1.82) is 0 Å². The van der Waals surface area contributed by atoms with Crippen molar-refractivity contribution in [2.45, 2.75) is 96.5 Å². The van der Waals surface area contributed by atoms with Crippen molar-refractivity contribution in [2.75, 3.05) is 0 Å². The van der Waals surface area contributed by atoms with Crippen molar-refractivity contribution >= 4 is 5.97 Å². The molecule has 1 aromatic carbocycles. The molecule has 3 heteroatoms. The molecule has 0 aliphatic heterocycles. The topological polar surface area (TPSA) is 35.5 Å². The Morgan fingerprint density at radius 2 is 1.40 bits per heavy atom. The van der Waals surface area contributed by atoms with Gasteiger partial charge in [0.25, 0.3) is 0 Å². The van der Waals surface area contributed by atoms with E-state index in [9.17, 15) is 4.79 Å². The number of carbonyl (C=O) groups excluding carboxylic acids is 1. The lowest BCUT2D eigenvalue weighted by Gasteiger charge is -2.17. The third-order valence-electron chi connectivity index (χ3n) is 5.04. The van der Waals surface area contributed by atoms with Gasteiger partial charge in [0.2, 0.25) is 0 Å². The normalized spacial score (nSPS) is 18.1. The predicted octanol–water partition coefficient (Wildman–Crippen LogP) is 6.40. The van der Waals surface area contributed by atoms with Crippen molar-refractivity contribution in [1.82, 2.24) is 0 Å². The molecule has 0 spiro atoms. The fourth-order valence-corrected chi connectivity index (χ4v) is 3.48. The van der Waals surface area contributed by atoms with E-state index in [4.69, 9.17) is 9.78 Å². The van der Waals surface area contributed by atoms with Crippen LogP contribution in [-0.2, 0) is 16.2 Å². The van der Waals surface area contributed by atoms with Crippen molar-refractivity contribution in [3.63, 3.8) is 0 Å². The fourth-order valence-electron chi connectivity index (χ4n) is 3.48. The summed E-state index contributed by atoms with van der Waals surface area (Å²) in [7, 11) is 0. The zero-order chi connectivity index (χ0) is 17.7. The van der Waals surface area contributed by atoms with Crippen molar-refractivity contribution in [2.24, 2.45) is 0 Å². The maximum atomic E-state index is 12.2. The van der Waals surface area contributed by atoms with Crippen LogP contribution in [0.3, 0.4) is 0 Å². The van der Waals surface area contributed by atoms with Crippen LogP contribution in [0.2, 0.25) is 0 Å². The molecule has 0 aromatic heterocycles. The molecule has 3 nitrogen and oxygen atoms in total. The molecule has 0 saturated heterocycles. The van der Waals surface area contributed by atoms with Crippen LogP contribution in [0.1, 0.15) is 99.9 Å². The monoisotopic (exact) mass is 346 g/mol. The summed E-state index contributed by atoms with van der Waals surface area (Å²) in [5.41, 5.74) is 1.81. The average molecular weight is 347 g/mol. The van der Waals surface area contributed by atoms with Crippen molar-refractivity contribution < 1.29 is 14.6 Å². The van der Waals surface area contributed by atoms with Crippen LogP contribution in [0.15, 0.2) is 24.3 Å². The molecule has 0 radical (unpaired) electrons. The Morgan fingerprint density at radius 3 is 1.92 bits per heavy atom. The highest BCUT2D eigenvalue weighted by atomic mass is 17.2. The van der Waals surface area contributed by atoms with E-state index in [2.05, 4.69) is 6.92 Å². The molecule has 1 aliphatic carbocycles. The summed E-state index contributed by atoms with van der Waals surface area (Å²) in [6.07, 6.45) is 15.7. The largest absolute Gasteiger partial charge is 0.373 e. The number of carbonyl (C=O) groups is 1. The Bertz CT molecular complexity index is 469. The summed E-state index contributed by atoms with van der Waals surface area (Å²) in [5.74, 6) is -0.380. The zero-order valence-electron chi connectivity index (χ0n) is 15.8. The molecule has 0 atom stereocenters. The van der Waals surface area contributed by atoms with E-state index in [1.165, 1.54) is 50.5 Å². The summed E-state index contributed by atoms with van der Waals surface area (Å²) in [4.78, 5) is 22.9. The average Bonchev–Trinajstić information content (AvgIpc) is 2.62. The molecule has 0 heterocycles. The minimum Gasteiger partial charge on any atom is -0.293 e. The second-order valence-corrected chi connectivity index (χ2v) is 7.30. The van der Waals surface area contributed by atoms with Gasteiger partial charge in [-0.3, -0.25) is 4.89 Å². The second-order valence-electron chi connectivity index (χ2n) is 7.30. The highest BCUT2D eigenvalue weighted by Gasteiger charge is 2.15. The number of aryl methyl sites for hydroxylation is 1. The molecule has 1 aliphatic rings. The minimum atomic E-state index is -0.380. The van der Waals surface area contributed by atoms with Gasteiger partial charge in [0.05, 0.1) is 5.56 Å². The maximum absolute atomic E-state index is 12.2. The van der Waals surface area contributed by atoms with E-state index < -0.39 is 0 Å². The molecule has 1 fully saturated rings. The summed E-state index contributed by atoms with van der Waals surface area (Å²) in [5, 5.41) is 0. The first kappa shape index (κ1) is 20.0. The predicted molar refractivity (Wildman–Crippen MR) is 102 cm³/mol. The summed E-state index contributed by atoms with van der Waals surface area (Å²) >= 11 is 0. The van der Waals surface area contributed by atoms with Gasteiger partial charge in [-0.2, -0.15) is 4.89 Å². The van der Waals surface area contributed by atoms with Gasteiger partial charge < -0.3 is 0 Å². The first-order valence-electron chi connectivity index (χ1n) is 10.3. The summed E-state index contributed by atoms with van der Waals surface area (Å²) in [6, 6.07) is 7.65. The van der Waals surface area contributed by atoms with Gasteiger partial charge >= 0.3 is 5.97 Å². The standard InChI is InChI=1S/C22H34O3/c1-2-12-19-15-17-20(18-16-19)22(23)25-24-21-13-10-8-6-4-3-5-7-9-11-14-21/h15-18,21H,2-14H2,1H3. The molecule has 1 saturated carbocycles. The Labute approximate surface area is 153 Å². The lowest BCUT2D eigenvalue weighted by Crippen LogP contribution is -2.17. The van der Waals surface area contributed by atoms with E-state index >= 15 is 0 Å². The van der Waals surface area contributed by atoms with Gasteiger partial charge in [0.15, 0.2) is 0 Å². The Kier molecular flexibility index (Phi) is 9.65. The molecule has 0 N–H and O–H groups in total. The molecule has 1 aromatic rings. The second kappa shape index (κ2) is 12.1. The van der Waals surface area contributed by atoms with E-state index in [-0.39, 0.29) is 12.1 Å². The molecule has 0 unspecified atom stereocenters. The van der Waals surface area contributed by atoms with E-state index in [1.54, 1.807) is 0 Å². The van der Waals surface area contributed by atoms with Gasteiger partial charge in [-0.25, -0.2) is 4.79 Å². The van der Waals surface area contributed by atoms with Gasteiger partial charge in [-0.1, -0.05) is 83.3 Å². The van der Waals surface area contributed by atoms with Crippen LogP contribution in [0.5, 0.6) is 0 Å². The maximum Gasteiger partial charge on any atom is 0.373 e. The quantitative estimate of drug-likeness (QED) is 0.457. The van der Waals surface area contributed by atoms with Gasteiger partial charge in [-0.15, -0.1) is 0 Å². The molecular weight excluding hydrogens is 312 g/mol. The van der Waals surface area contributed by atoms with Crippen LogP contribution in [0, 0.1) is 0 Å². The zero-order valence-corrected chi connectivity index (χ0v) is 15.8. The van der Waals surface area contributed by atoms with Crippen LogP contribution in [0.4, 0.5) is 0 Å². The van der Waals surface area contributed by atoms with E-state index in [1.807, 2.05) is 24.3 Å². The first-order chi connectivity index (χ1) is 12.3. The molecule has 2 rings (SSSR count). The molecule has 0 amide bonds. The lowest BCUT2D eigenvalue weighted by molar-refractivity contribution is -0.277. The Balaban J connectivity index is 1.78. The highest BCUT2D eigenvalue weighted by Crippen LogP contribution is 2.19. The number of hydrogen-bond acceptors (Lipinski definition) is 3. The minimum absolute atomic E-state index is 0.0442. The SMILES string of the molecule is CCCc1ccc(C(=O)OOC2CCCCCCCCCCC2)cc1. The van der Waals surface area contributed by atoms with Crippen LogP contribution in [0.25, 0.3) is 0 Å². The van der Waals surface area contributed by atoms with Gasteiger partial charge in [-0.05, 0) is 37.0 Å². The molecule has 0 bridgehead atoms. The van der Waals surface area contributed by atoms with Crippen LogP contribution >= 0.6 is 0 Å². The molecule has 25 heavy (non-hydrogen) atoms. The Morgan fingerprint density at radius 1 is 0.880 bits per heavy atom. The first-order valence-corrected chi connectivity index (χ1v) is 10.3. The van der Waals surface area contributed by atoms with Gasteiger partial charge in [0, 0.05) is 0 Å². The third-order valence-corrected chi connectivity index (χ3v) is 5.04. The van der Waals surface area contributed by atoms with Crippen molar-refractivity contribution in [3.05, 3.63) is 35.4 Å². The number of benzene rings is 1. The van der Waals surface area contributed by atoms with Crippen LogP contribution < -0.4 is 0 Å². The highest BCUT2D eigenvalue weighted by molar-refractivity contribution is 5.88. The lowest BCUT2D eigenvalue weighted by atomic mass is 9.99. The smallest absolute Gasteiger partial charge is 0.293 e. The third kappa shape index (κ3) is 8.04. The van der Waals surface area contributed by atoms with Crippen molar-refractivity contribution in [3.8, 4) is 0 Å². The van der Waals surface area contributed by atoms with Crippen LogP contribution in [-0.4, -0.2) is 12.1 Å². The summed E-state index contributed by atoms with van der Waals surface area (Å²) in [6.45, 7) is 2.15. The Hall–Kier alpha value is -1.35. The molecule has 140 valence electrons. The number of rotatable bonds is 5. The van der Waals surface area contributed by atoms with Gasteiger partial charge in [0.1, 0.15) is 6.10 Å². The summed E-state index contributed by atoms with van der Waals surface area (Å²) < 4.78 is 0. The van der Waals surface area contributed by atoms with E-state index in [0.717, 1.165) is 38.5 Å².